The van der Waals surface area contributed by atoms with Crippen LogP contribution in [0.15, 0.2) is 82.0 Å². The van der Waals surface area contributed by atoms with Gasteiger partial charge in [-0.25, -0.2) is 9.79 Å². The molecule has 2 aromatic rings. The highest BCUT2D eigenvalue weighted by Gasteiger charge is 2.42. The van der Waals surface area contributed by atoms with E-state index in [1.807, 2.05) is 64.9 Å². The van der Waals surface area contributed by atoms with E-state index in [1.165, 1.54) is 11.8 Å². The van der Waals surface area contributed by atoms with Crippen LogP contribution < -0.4 is 4.74 Å². The number of benzene rings is 2. The zero-order valence-electron chi connectivity index (χ0n) is 21.5. The molecule has 9 heteroatoms. The Kier molecular flexibility index (Phi) is 8.68. The molecule has 1 atom stereocenters. The maximum atomic E-state index is 13.3. The zero-order valence-corrected chi connectivity index (χ0v) is 22.3. The smallest absolute Gasteiger partial charge is 0.338 e. The molecule has 0 spiro atoms. The van der Waals surface area contributed by atoms with Crippen molar-refractivity contribution in [2.75, 3.05) is 34.5 Å². The molecule has 4 rings (SSSR count). The van der Waals surface area contributed by atoms with E-state index in [4.69, 9.17) is 19.2 Å². The van der Waals surface area contributed by atoms with Gasteiger partial charge in [-0.3, -0.25) is 4.79 Å². The van der Waals surface area contributed by atoms with E-state index in [9.17, 15) is 9.59 Å². The van der Waals surface area contributed by atoms with Crippen molar-refractivity contribution in [3.05, 3.63) is 88.1 Å². The number of ether oxygens (including phenoxy) is 3. The van der Waals surface area contributed by atoms with E-state index < -0.39 is 12.0 Å². The predicted octanol–water partition coefficient (Wildman–Crippen LogP) is 4.51. The quantitative estimate of drug-likeness (QED) is 0.336. The number of thioether (sulfide) groups is 1. The van der Waals surface area contributed by atoms with Gasteiger partial charge in [-0.1, -0.05) is 60.3 Å². The summed E-state index contributed by atoms with van der Waals surface area (Å²) >= 11 is 1.44. The van der Waals surface area contributed by atoms with Crippen molar-refractivity contribution in [2.24, 2.45) is 4.99 Å². The van der Waals surface area contributed by atoms with Crippen LogP contribution in [0.2, 0.25) is 0 Å². The summed E-state index contributed by atoms with van der Waals surface area (Å²) in [6, 6.07) is 16.9. The molecule has 1 amide bonds. The van der Waals surface area contributed by atoms with E-state index in [1.54, 1.807) is 33.1 Å². The third kappa shape index (κ3) is 5.89. The Morgan fingerprint density at radius 2 is 1.78 bits per heavy atom. The summed E-state index contributed by atoms with van der Waals surface area (Å²) in [5, 5.41) is 2.64. The minimum absolute atomic E-state index is 0.0359. The summed E-state index contributed by atoms with van der Waals surface area (Å²) < 4.78 is 16.2. The Bertz CT molecular complexity index is 1240. The number of carbonyl (C=O) groups is 2. The molecule has 0 bridgehead atoms. The van der Waals surface area contributed by atoms with Gasteiger partial charge in [-0.2, -0.15) is 0 Å². The molecule has 0 aromatic heterocycles. The Labute approximate surface area is 221 Å². The summed E-state index contributed by atoms with van der Waals surface area (Å²) in [7, 11) is 4.95. The van der Waals surface area contributed by atoms with E-state index in [0.29, 0.717) is 35.3 Å². The molecule has 37 heavy (non-hydrogen) atoms. The number of allylic oxidation sites excluding steroid dienone is 1. The molecule has 8 nitrogen and oxygen atoms in total. The summed E-state index contributed by atoms with van der Waals surface area (Å²) in [4.78, 5) is 35.0. The van der Waals surface area contributed by atoms with Crippen LogP contribution in [0.4, 0.5) is 0 Å². The fraction of sp³-hybridized carbons (Fsp3) is 0.321. The Morgan fingerprint density at radius 1 is 1.05 bits per heavy atom. The van der Waals surface area contributed by atoms with Crippen molar-refractivity contribution < 1.29 is 23.8 Å². The number of methoxy groups -OCH3 is 2. The second-order valence-electron chi connectivity index (χ2n) is 8.68. The Morgan fingerprint density at radius 3 is 2.51 bits per heavy atom. The van der Waals surface area contributed by atoms with Crippen molar-refractivity contribution in [2.45, 2.75) is 25.9 Å². The standard InChI is InChI=1S/C28H31N3O5S/c1-19-25(27(33)36-15-14-34-3)26(22-12-8-9-13-23(22)35-4)31-21(18-37-28(31)29-19)16-24(32)30(2)17-20-10-6-5-7-11-20/h5-13,18,26H,14-17H2,1-4H3. The van der Waals surface area contributed by atoms with Crippen molar-refractivity contribution in [3.63, 3.8) is 0 Å². The number of carbonyl (C=O) groups excluding carboxylic acids is 2. The van der Waals surface area contributed by atoms with Crippen LogP contribution in [-0.4, -0.2) is 61.3 Å². The van der Waals surface area contributed by atoms with Gasteiger partial charge in [0.25, 0.3) is 0 Å². The summed E-state index contributed by atoms with van der Waals surface area (Å²) in [5.74, 6) is 0.121. The van der Waals surface area contributed by atoms with Crippen molar-refractivity contribution in [3.8, 4) is 5.75 Å². The third-order valence-corrected chi connectivity index (χ3v) is 7.08. The maximum Gasteiger partial charge on any atom is 0.338 e. The van der Waals surface area contributed by atoms with Gasteiger partial charge < -0.3 is 24.0 Å². The number of para-hydroxylation sites is 1. The van der Waals surface area contributed by atoms with Gasteiger partial charge in [0.2, 0.25) is 5.91 Å². The number of hydrogen-bond donors (Lipinski definition) is 0. The fourth-order valence-corrected chi connectivity index (χ4v) is 5.31. The van der Waals surface area contributed by atoms with Crippen LogP contribution in [0, 0.1) is 0 Å². The van der Waals surface area contributed by atoms with Crippen LogP contribution >= 0.6 is 11.8 Å². The second-order valence-corrected chi connectivity index (χ2v) is 9.51. The molecular formula is C28H31N3O5S. The first kappa shape index (κ1) is 26.5. The van der Waals surface area contributed by atoms with E-state index in [-0.39, 0.29) is 18.9 Å². The van der Waals surface area contributed by atoms with Crippen LogP contribution in [-0.2, 0) is 25.6 Å². The molecule has 2 aliphatic heterocycles. The minimum Gasteiger partial charge on any atom is -0.496 e. The van der Waals surface area contributed by atoms with Crippen LogP contribution in [0.5, 0.6) is 5.75 Å². The Hall–Kier alpha value is -3.56. The third-order valence-electron chi connectivity index (χ3n) is 6.20. The Balaban J connectivity index is 1.65. The highest BCUT2D eigenvalue weighted by molar-refractivity contribution is 8.16. The molecule has 2 aliphatic rings. The van der Waals surface area contributed by atoms with E-state index in [2.05, 4.69) is 0 Å². The van der Waals surface area contributed by atoms with E-state index in [0.717, 1.165) is 16.8 Å². The highest BCUT2D eigenvalue weighted by atomic mass is 32.2. The number of rotatable bonds is 10. The summed E-state index contributed by atoms with van der Waals surface area (Å²) in [6.45, 7) is 2.73. The SMILES string of the molecule is COCCOC(=O)C1=C(C)N=C2SC=C(CC(=O)N(C)Cc3ccccc3)N2C1c1ccccc1OC. The summed E-state index contributed by atoms with van der Waals surface area (Å²) in [6.07, 6.45) is 0.159. The molecule has 0 N–H and O–H groups in total. The minimum atomic E-state index is -0.563. The lowest BCUT2D eigenvalue weighted by atomic mass is 9.93. The lowest BCUT2D eigenvalue weighted by molar-refractivity contribution is -0.141. The first-order valence-corrected chi connectivity index (χ1v) is 12.8. The number of amidine groups is 1. The van der Waals surface area contributed by atoms with E-state index >= 15 is 0 Å². The van der Waals surface area contributed by atoms with Crippen molar-refractivity contribution in [1.82, 2.24) is 9.80 Å². The number of aliphatic imine (C=N–C) groups is 1. The van der Waals surface area contributed by atoms with Gasteiger partial charge in [0, 0.05) is 32.0 Å². The predicted molar refractivity (Wildman–Crippen MR) is 144 cm³/mol. The summed E-state index contributed by atoms with van der Waals surface area (Å²) in [5.41, 5.74) is 3.58. The van der Waals surface area contributed by atoms with Crippen LogP contribution in [0.3, 0.4) is 0 Å². The normalized spacial score (nSPS) is 16.6. The second kappa shape index (κ2) is 12.1. The number of nitrogens with zero attached hydrogens (tertiary/aromatic N) is 3. The molecule has 0 saturated heterocycles. The largest absolute Gasteiger partial charge is 0.496 e. The number of fused-ring (bicyclic) bond motifs is 1. The first-order valence-electron chi connectivity index (χ1n) is 12.0. The number of esters is 1. The van der Waals surface area contributed by atoms with Crippen LogP contribution in [0.1, 0.15) is 30.5 Å². The molecule has 194 valence electrons. The number of amides is 1. The number of hydrogen-bond acceptors (Lipinski definition) is 8. The van der Waals surface area contributed by atoms with Gasteiger partial charge in [0.05, 0.1) is 37.4 Å². The average Bonchev–Trinajstić information content (AvgIpc) is 3.30. The lowest BCUT2D eigenvalue weighted by Crippen LogP contribution is -2.38. The molecule has 0 fully saturated rings. The molecule has 2 heterocycles. The fourth-order valence-electron chi connectivity index (χ4n) is 4.35. The van der Waals surface area contributed by atoms with Gasteiger partial charge in [0.15, 0.2) is 5.17 Å². The molecule has 0 radical (unpaired) electrons. The van der Waals surface area contributed by atoms with Gasteiger partial charge in [-0.05, 0) is 24.0 Å². The molecular weight excluding hydrogens is 490 g/mol. The highest BCUT2D eigenvalue weighted by Crippen LogP contribution is 2.47. The first-order chi connectivity index (χ1) is 17.9. The monoisotopic (exact) mass is 521 g/mol. The van der Waals surface area contributed by atoms with Gasteiger partial charge in [0.1, 0.15) is 12.4 Å². The molecule has 0 aliphatic carbocycles. The topological polar surface area (TPSA) is 80.7 Å². The molecule has 2 aromatic carbocycles. The molecule has 0 saturated carbocycles. The van der Waals surface area contributed by atoms with Gasteiger partial charge in [-0.15, -0.1) is 0 Å². The van der Waals surface area contributed by atoms with Crippen molar-refractivity contribution in [1.29, 1.82) is 0 Å². The zero-order chi connectivity index (χ0) is 26.4. The molecule has 1 unspecified atom stereocenters. The van der Waals surface area contributed by atoms with Crippen molar-refractivity contribution >= 4 is 28.8 Å². The average molecular weight is 522 g/mol. The maximum absolute atomic E-state index is 13.3. The van der Waals surface area contributed by atoms with Gasteiger partial charge >= 0.3 is 5.97 Å². The van der Waals surface area contributed by atoms with Crippen LogP contribution in [0.25, 0.3) is 0 Å². The lowest BCUT2D eigenvalue weighted by Gasteiger charge is -2.37.